The first-order valence-corrected chi connectivity index (χ1v) is 6.95. The van der Waals surface area contributed by atoms with Gasteiger partial charge in [-0.05, 0) is 35.3 Å². The summed E-state index contributed by atoms with van der Waals surface area (Å²) in [6.45, 7) is 0. The molecule has 2 aromatic rings. The Bertz CT molecular complexity index is 1130. The maximum absolute atomic E-state index is 9.49. The van der Waals surface area contributed by atoms with Crippen molar-refractivity contribution in [1.82, 2.24) is 15.0 Å². The molecular formula is C14H2Cl2N8. The zero-order valence-electron chi connectivity index (χ0n) is 11.5. The minimum Gasteiger partial charge on any atom is -0.225 e. The predicted octanol–water partition coefficient (Wildman–Crippen LogP) is 1.23. The van der Waals surface area contributed by atoms with Crippen molar-refractivity contribution in [3.05, 3.63) is 50.4 Å². The molecular weight excluding hydrogens is 351 g/mol. The maximum Gasteiger partial charge on any atom is 0.227 e. The van der Waals surface area contributed by atoms with Crippen molar-refractivity contribution >= 4 is 23.2 Å². The highest BCUT2D eigenvalue weighted by molar-refractivity contribution is 6.31. The average molecular weight is 353 g/mol. The Morgan fingerprint density at radius 3 is 2.17 bits per heavy atom. The Labute approximate surface area is 144 Å². The summed E-state index contributed by atoms with van der Waals surface area (Å²) in [5.74, 6) is 0.0585. The van der Waals surface area contributed by atoms with E-state index in [9.17, 15) is 5.26 Å². The fourth-order valence-corrected chi connectivity index (χ4v) is 2.37. The summed E-state index contributed by atoms with van der Waals surface area (Å²) >= 11 is 11.5. The lowest BCUT2D eigenvalue weighted by Crippen LogP contribution is -2.25. The standard InChI is InChI=1S/C14H2Cl2N8/c15-13-22-12(23-14(16)24-13)7-1-2-9-10(8(7)5-19)21-11(20-9)6(3-17)4-18/h1-2H. The van der Waals surface area contributed by atoms with Crippen molar-refractivity contribution in [1.29, 1.82) is 15.8 Å². The third-order valence-electron chi connectivity index (χ3n) is 2.98. The van der Waals surface area contributed by atoms with Gasteiger partial charge in [-0.25, -0.2) is 9.98 Å². The fourth-order valence-electron chi connectivity index (χ4n) is 2.01. The molecule has 3 rings (SSSR count). The molecule has 0 fully saturated rings. The van der Waals surface area contributed by atoms with Crippen LogP contribution in [-0.4, -0.2) is 15.0 Å². The number of nitrogens with zero attached hydrogens (tertiary/aromatic N) is 8. The molecule has 112 valence electrons. The monoisotopic (exact) mass is 352 g/mol. The predicted molar refractivity (Wildman–Crippen MR) is 80.6 cm³/mol. The van der Waals surface area contributed by atoms with Crippen LogP contribution in [0.1, 0.15) is 5.56 Å². The van der Waals surface area contributed by atoms with Crippen LogP contribution in [0.25, 0.3) is 11.4 Å². The lowest BCUT2D eigenvalue weighted by atomic mass is 10.1. The van der Waals surface area contributed by atoms with Crippen LogP contribution in [0.4, 0.5) is 0 Å². The van der Waals surface area contributed by atoms with E-state index in [4.69, 9.17) is 33.7 Å². The molecule has 2 heterocycles. The van der Waals surface area contributed by atoms with Gasteiger partial charge in [0.25, 0.3) is 0 Å². The second kappa shape index (κ2) is 6.02. The minimum atomic E-state index is -0.247. The molecule has 0 bridgehead atoms. The highest BCUT2D eigenvalue weighted by atomic mass is 35.5. The van der Waals surface area contributed by atoms with Crippen LogP contribution in [-0.2, 0) is 0 Å². The van der Waals surface area contributed by atoms with Gasteiger partial charge in [-0.1, -0.05) is 0 Å². The Morgan fingerprint density at radius 2 is 1.58 bits per heavy atom. The number of fused-ring (bicyclic) bond motifs is 1. The Morgan fingerprint density at radius 1 is 0.917 bits per heavy atom. The van der Waals surface area contributed by atoms with E-state index in [0.29, 0.717) is 10.9 Å². The quantitative estimate of drug-likeness (QED) is 0.708. The van der Waals surface area contributed by atoms with Crippen LogP contribution in [0.15, 0.2) is 33.5 Å². The van der Waals surface area contributed by atoms with Crippen LogP contribution in [0.5, 0.6) is 0 Å². The van der Waals surface area contributed by atoms with E-state index in [0.717, 1.165) is 0 Å². The summed E-state index contributed by atoms with van der Waals surface area (Å²) in [5, 5.41) is 27.7. The van der Waals surface area contributed by atoms with Gasteiger partial charge in [0, 0.05) is 5.56 Å². The molecule has 1 aliphatic rings. The number of allylic oxidation sites excluding steroid dienone is 1. The summed E-state index contributed by atoms with van der Waals surface area (Å²) < 4.78 is 0. The first-order chi connectivity index (χ1) is 11.6. The Kier molecular flexibility index (Phi) is 3.89. The number of benzene rings is 1. The van der Waals surface area contributed by atoms with Crippen molar-refractivity contribution in [2.45, 2.75) is 0 Å². The molecule has 0 saturated heterocycles. The van der Waals surface area contributed by atoms with Crippen LogP contribution >= 0.6 is 23.2 Å². The van der Waals surface area contributed by atoms with Gasteiger partial charge < -0.3 is 0 Å². The van der Waals surface area contributed by atoms with Gasteiger partial charge in [0.2, 0.25) is 10.6 Å². The normalized spacial score (nSPS) is 11.4. The van der Waals surface area contributed by atoms with Crippen LogP contribution in [0, 0.1) is 34.0 Å². The number of rotatable bonds is 1. The number of hydrogen-bond donors (Lipinski definition) is 0. The lowest BCUT2D eigenvalue weighted by molar-refractivity contribution is 1.05. The van der Waals surface area contributed by atoms with Crippen molar-refractivity contribution in [3.8, 4) is 29.6 Å². The zero-order valence-corrected chi connectivity index (χ0v) is 13.0. The second-order valence-corrected chi connectivity index (χ2v) is 4.99. The molecule has 0 saturated carbocycles. The van der Waals surface area contributed by atoms with Crippen LogP contribution in [0.2, 0.25) is 10.6 Å². The number of nitriles is 3. The second-order valence-electron chi connectivity index (χ2n) is 4.31. The molecule has 0 atom stereocenters. The topological polar surface area (TPSA) is 135 Å². The molecule has 1 aromatic heterocycles. The maximum atomic E-state index is 9.49. The third kappa shape index (κ3) is 2.55. The van der Waals surface area contributed by atoms with E-state index in [-0.39, 0.29) is 38.7 Å². The Hall–Kier alpha value is -3.38. The molecule has 0 aliphatic carbocycles. The van der Waals surface area contributed by atoms with E-state index >= 15 is 0 Å². The van der Waals surface area contributed by atoms with Crippen molar-refractivity contribution in [3.63, 3.8) is 0 Å². The summed E-state index contributed by atoms with van der Waals surface area (Å²) in [4.78, 5) is 19.7. The van der Waals surface area contributed by atoms with Gasteiger partial charge in [0.1, 0.15) is 23.6 Å². The molecule has 0 N–H and O–H groups in total. The van der Waals surface area contributed by atoms with Crippen molar-refractivity contribution in [2.75, 3.05) is 0 Å². The highest BCUT2D eigenvalue weighted by Crippen LogP contribution is 2.20. The molecule has 10 heteroatoms. The van der Waals surface area contributed by atoms with Gasteiger partial charge in [-0.2, -0.15) is 30.7 Å². The van der Waals surface area contributed by atoms with Gasteiger partial charge in [-0.15, -0.1) is 0 Å². The first-order valence-electron chi connectivity index (χ1n) is 6.20. The van der Waals surface area contributed by atoms with E-state index in [1.807, 2.05) is 6.07 Å². The van der Waals surface area contributed by atoms with Crippen molar-refractivity contribution in [2.24, 2.45) is 9.98 Å². The van der Waals surface area contributed by atoms with E-state index in [1.165, 1.54) is 0 Å². The molecule has 1 aromatic carbocycles. The van der Waals surface area contributed by atoms with E-state index in [1.54, 1.807) is 24.3 Å². The zero-order chi connectivity index (χ0) is 17.3. The van der Waals surface area contributed by atoms with Crippen molar-refractivity contribution < 1.29 is 0 Å². The number of hydrogen-bond acceptors (Lipinski definition) is 8. The molecule has 0 unspecified atom stereocenters. The van der Waals surface area contributed by atoms with Gasteiger partial charge in [-0.3, -0.25) is 0 Å². The van der Waals surface area contributed by atoms with Gasteiger partial charge in [0.15, 0.2) is 17.2 Å². The van der Waals surface area contributed by atoms with Crippen LogP contribution < -0.4 is 10.7 Å². The molecule has 0 spiro atoms. The first kappa shape index (κ1) is 15.5. The summed E-state index contributed by atoms with van der Waals surface area (Å²) in [6, 6.07) is 8.54. The summed E-state index contributed by atoms with van der Waals surface area (Å²) in [5.41, 5.74) is 0.209. The molecule has 8 nitrogen and oxygen atoms in total. The minimum absolute atomic E-state index is 0.0460. The Balaban J connectivity index is 2.34. The molecule has 1 aliphatic heterocycles. The average Bonchev–Trinajstić information content (AvgIpc) is 2.98. The van der Waals surface area contributed by atoms with E-state index in [2.05, 4.69) is 24.9 Å². The molecule has 24 heavy (non-hydrogen) atoms. The molecule has 0 amide bonds. The summed E-state index contributed by atoms with van der Waals surface area (Å²) in [6.07, 6.45) is 0. The number of halogens is 2. The highest BCUT2D eigenvalue weighted by Gasteiger charge is 2.17. The summed E-state index contributed by atoms with van der Waals surface area (Å²) in [7, 11) is 0. The van der Waals surface area contributed by atoms with E-state index < -0.39 is 0 Å². The van der Waals surface area contributed by atoms with Crippen LogP contribution in [0.3, 0.4) is 0 Å². The number of aromatic nitrogens is 3. The fraction of sp³-hybridized carbons (Fsp3) is 0. The SMILES string of the molecule is N#CC(C#N)=C1N=c2ccc(-c3nc(Cl)nc(Cl)n3)c(C#N)c2=N1. The molecule has 0 radical (unpaired) electrons. The van der Waals surface area contributed by atoms with Gasteiger partial charge in [0.05, 0.1) is 10.9 Å². The largest absolute Gasteiger partial charge is 0.227 e. The third-order valence-corrected chi connectivity index (χ3v) is 3.32. The smallest absolute Gasteiger partial charge is 0.225 e. The lowest BCUT2D eigenvalue weighted by Gasteiger charge is -2.02. The van der Waals surface area contributed by atoms with Gasteiger partial charge >= 0.3 is 0 Å².